The number of fused-ring (bicyclic) bond motifs is 1. The zero-order chi connectivity index (χ0) is 18.0. The number of hydrogen-bond acceptors (Lipinski definition) is 3. The largest absolute Gasteiger partial charge is 0.505 e. The van der Waals surface area contributed by atoms with Crippen LogP contribution in [0.2, 0.25) is 10.0 Å². The summed E-state index contributed by atoms with van der Waals surface area (Å²) >= 11 is 12.0. The number of rotatable bonds is 5. The molecular weight excluding hydrogens is 357 g/mol. The molecular formula is C20H19Cl2NO2. The van der Waals surface area contributed by atoms with E-state index in [9.17, 15) is 5.11 Å². The Balaban J connectivity index is 1.96. The Morgan fingerprint density at radius 1 is 1.04 bits per heavy atom. The number of benzene rings is 3. The van der Waals surface area contributed by atoms with E-state index in [0.29, 0.717) is 6.54 Å². The summed E-state index contributed by atoms with van der Waals surface area (Å²) in [6.07, 6.45) is 0.0810. The van der Waals surface area contributed by atoms with Gasteiger partial charge in [0.1, 0.15) is 5.75 Å². The molecule has 5 heteroatoms. The van der Waals surface area contributed by atoms with E-state index in [2.05, 4.69) is 23.5 Å². The minimum atomic E-state index is -0.108. The molecule has 0 fully saturated rings. The van der Waals surface area contributed by atoms with Crippen LogP contribution in [0.4, 0.5) is 5.69 Å². The fourth-order valence-corrected chi connectivity index (χ4v) is 3.21. The number of hydrogen-bond donors (Lipinski definition) is 2. The first-order chi connectivity index (χ1) is 12.0. The zero-order valence-corrected chi connectivity index (χ0v) is 15.5. The smallest absolute Gasteiger partial charge is 0.152 e. The van der Waals surface area contributed by atoms with Gasteiger partial charge >= 0.3 is 0 Å². The van der Waals surface area contributed by atoms with E-state index in [1.807, 2.05) is 32.0 Å². The first-order valence-electron chi connectivity index (χ1n) is 8.05. The third-order valence-electron chi connectivity index (χ3n) is 3.85. The van der Waals surface area contributed by atoms with Gasteiger partial charge in [-0.25, -0.2) is 0 Å². The number of nitrogens with one attached hydrogen (secondary N) is 1. The average molecular weight is 376 g/mol. The molecule has 0 bridgehead atoms. The van der Waals surface area contributed by atoms with E-state index in [0.717, 1.165) is 27.8 Å². The van der Waals surface area contributed by atoms with Gasteiger partial charge in [0, 0.05) is 17.8 Å². The third-order valence-corrected chi connectivity index (χ3v) is 4.42. The first kappa shape index (κ1) is 17.7. The Labute approximate surface area is 157 Å². The fraction of sp³-hybridized carbons (Fsp3) is 0.200. The summed E-state index contributed by atoms with van der Waals surface area (Å²) in [6, 6.07) is 15.5. The summed E-state index contributed by atoms with van der Waals surface area (Å²) in [5.74, 6) is 0.736. The minimum absolute atomic E-state index is 0.0810. The van der Waals surface area contributed by atoms with Crippen LogP contribution in [0.5, 0.6) is 11.5 Å². The molecule has 0 atom stereocenters. The van der Waals surface area contributed by atoms with Crippen LogP contribution >= 0.6 is 23.2 Å². The summed E-state index contributed by atoms with van der Waals surface area (Å²) in [5, 5.41) is 15.7. The van der Waals surface area contributed by atoms with Crippen molar-refractivity contribution in [2.45, 2.75) is 26.5 Å². The molecule has 0 radical (unpaired) electrons. The average Bonchev–Trinajstić information content (AvgIpc) is 2.58. The molecule has 2 N–H and O–H groups in total. The van der Waals surface area contributed by atoms with Gasteiger partial charge in [0.25, 0.3) is 0 Å². The number of halogens is 2. The van der Waals surface area contributed by atoms with Crippen LogP contribution in [0.3, 0.4) is 0 Å². The van der Waals surface area contributed by atoms with Gasteiger partial charge in [0.05, 0.1) is 16.1 Å². The second-order valence-electron chi connectivity index (χ2n) is 6.07. The minimum Gasteiger partial charge on any atom is -0.505 e. The normalized spacial score (nSPS) is 11.1. The number of anilines is 1. The summed E-state index contributed by atoms with van der Waals surface area (Å²) < 4.78 is 5.98. The van der Waals surface area contributed by atoms with Crippen LogP contribution in [0.25, 0.3) is 10.8 Å². The van der Waals surface area contributed by atoms with Gasteiger partial charge < -0.3 is 15.2 Å². The van der Waals surface area contributed by atoms with Crippen molar-refractivity contribution in [2.24, 2.45) is 0 Å². The second kappa shape index (κ2) is 7.42. The lowest BCUT2D eigenvalue weighted by Gasteiger charge is -2.18. The molecule has 0 unspecified atom stereocenters. The molecule has 0 spiro atoms. The van der Waals surface area contributed by atoms with Crippen molar-refractivity contribution in [3.63, 3.8) is 0 Å². The van der Waals surface area contributed by atoms with Gasteiger partial charge in [0.15, 0.2) is 5.75 Å². The van der Waals surface area contributed by atoms with Gasteiger partial charge in [0.2, 0.25) is 0 Å². The predicted octanol–water partition coefficient (Wildman–Crippen LogP) is 6.25. The highest BCUT2D eigenvalue weighted by atomic mass is 35.5. The lowest BCUT2D eigenvalue weighted by atomic mass is 10.0. The summed E-state index contributed by atoms with van der Waals surface area (Å²) in [7, 11) is 0. The maximum Gasteiger partial charge on any atom is 0.152 e. The van der Waals surface area contributed by atoms with Crippen molar-refractivity contribution in [1.29, 1.82) is 0 Å². The monoisotopic (exact) mass is 375 g/mol. The van der Waals surface area contributed by atoms with Crippen LogP contribution in [-0.4, -0.2) is 11.2 Å². The number of aromatic hydroxyl groups is 1. The van der Waals surface area contributed by atoms with Crippen LogP contribution in [0.15, 0.2) is 48.5 Å². The maximum atomic E-state index is 9.69. The number of phenols is 1. The van der Waals surface area contributed by atoms with E-state index in [1.54, 1.807) is 12.1 Å². The summed E-state index contributed by atoms with van der Waals surface area (Å²) in [6.45, 7) is 4.55. The molecule has 3 rings (SSSR count). The topological polar surface area (TPSA) is 41.5 Å². The van der Waals surface area contributed by atoms with E-state index in [-0.39, 0.29) is 21.9 Å². The fourth-order valence-electron chi connectivity index (χ4n) is 2.72. The molecule has 0 saturated carbocycles. The molecule has 3 aromatic carbocycles. The van der Waals surface area contributed by atoms with Crippen molar-refractivity contribution in [1.82, 2.24) is 0 Å². The van der Waals surface area contributed by atoms with Gasteiger partial charge in [-0.15, -0.1) is 0 Å². The van der Waals surface area contributed by atoms with Crippen molar-refractivity contribution in [2.75, 3.05) is 5.32 Å². The van der Waals surface area contributed by atoms with Crippen molar-refractivity contribution >= 4 is 39.7 Å². The molecule has 0 saturated heterocycles. The summed E-state index contributed by atoms with van der Waals surface area (Å²) in [4.78, 5) is 0. The van der Waals surface area contributed by atoms with Crippen molar-refractivity contribution < 1.29 is 9.84 Å². The van der Waals surface area contributed by atoms with Gasteiger partial charge in [-0.05, 0) is 42.8 Å². The Morgan fingerprint density at radius 2 is 1.72 bits per heavy atom. The van der Waals surface area contributed by atoms with E-state index in [4.69, 9.17) is 27.9 Å². The van der Waals surface area contributed by atoms with Gasteiger partial charge in [-0.1, -0.05) is 53.5 Å². The van der Waals surface area contributed by atoms with Crippen LogP contribution < -0.4 is 10.1 Å². The van der Waals surface area contributed by atoms with Crippen molar-refractivity contribution in [3.8, 4) is 11.5 Å². The highest BCUT2D eigenvalue weighted by molar-refractivity contribution is 6.37. The van der Waals surface area contributed by atoms with E-state index in [1.165, 1.54) is 0 Å². The lowest BCUT2D eigenvalue weighted by Crippen LogP contribution is -2.10. The summed E-state index contributed by atoms with van der Waals surface area (Å²) in [5.41, 5.74) is 1.79. The molecule has 0 amide bonds. The Morgan fingerprint density at radius 3 is 2.40 bits per heavy atom. The number of phenolic OH excluding ortho intramolecular Hbond substituents is 1. The maximum absolute atomic E-state index is 9.69. The molecule has 3 nitrogen and oxygen atoms in total. The molecule has 0 aliphatic carbocycles. The van der Waals surface area contributed by atoms with Crippen LogP contribution in [-0.2, 0) is 6.54 Å². The van der Waals surface area contributed by atoms with Crippen molar-refractivity contribution in [3.05, 3.63) is 64.1 Å². The quantitative estimate of drug-likeness (QED) is 0.517. The molecule has 3 aromatic rings. The molecule has 0 heterocycles. The van der Waals surface area contributed by atoms with E-state index < -0.39 is 0 Å². The Bertz CT molecular complexity index is 886. The van der Waals surface area contributed by atoms with Crippen LogP contribution in [0.1, 0.15) is 19.4 Å². The standard InChI is InChI=1S/C20H19Cl2NO2/c1-12(2)25-19-8-7-13-5-3-4-6-15(13)16(19)11-23-14-9-17(21)20(24)18(22)10-14/h3-10,12,23-24H,11H2,1-2H3. The van der Waals surface area contributed by atoms with Gasteiger partial charge in [-0.2, -0.15) is 0 Å². The highest BCUT2D eigenvalue weighted by Gasteiger charge is 2.12. The third kappa shape index (κ3) is 3.94. The molecule has 130 valence electrons. The second-order valence-corrected chi connectivity index (χ2v) is 6.89. The predicted molar refractivity (Wildman–Crippen MR) is 105 cm³/mol. The molecule has 25 heavy (non-hydrogen) atoms. The lowest BCUT2D eigenvalue weighted by molar-refractivity contribution is 0.240. The zero-order valence-electron chi connectivity index (χ0n) is 14.0. The highest BCUT2D eigenvalue weighted by Crippen LogP contribution is 2.35. The number of ether oxygens (including phenoxy) is 1. The SMILES string of the molecule is CC(C)Oc1ccc2ccccc2c1CNc1cc(Cl)c(O)c(Cl)c1. The van der Waals surface area contributed by atoms with Crippen LogP contribution in [0, 0.1) is 0 Å². The Hall–Kier alpha value is -2.10. The first-order valence-corrected chi connectivity index (χ1v) is 8.80. The Kier molecular flexibility index (Phi) is 5.26. The molecule has 0 aliphatic heterocycles. The molecule has 0 aliphatic rings. The molecule has 0 aromatic heterocycles. The van der Waals surface area contributed by atoms with E-state index >= 15 is 0 Å². The van der Waals surface area contributed by atoms with Gasteiger partial charge in [-0.3, -0.25) is 0 Å².